The van der Waals surface area contributed by atoms with E-state index in [1.807, 2.05) is 0 Å². The molecule has 136 valence electrons. The number of carboxylic acid groups (broad SMARTS) is 1. The molecule has 2 atom stereocenters. The summed E-state index contributed by atoms with van der Waals surface area (Å²) in [6.45, 7) is 0.391. The number of amides is 1. The minimum Gasteiger partial charge on any atom is -0.481 e. The third-order valence-corrected chi connectivity index (χ3v) is 5.72. The number of aromatic nitrogens is 1. The zero-order valence-corrected chi connectivity index (χ0v) is 14.9. The van der Waals surface area contributed by atoms with Crippen LogP contribution in [0.25, 0.3) is 0 Å². The lowest BCUT2D eigenvalue weighted by atomic mass is 9.90. The molecule has 0 saturated carbocycles. The van der Waals surface area contributed by atoms with Gasteiger partial charge in [0.25, 0.3) is 5.91 Å². The molecule has 7 nitrogen and oxygen atoms in total. The topological polar surface area (TPSA) is 105 Å². The minimum atomic E-state index is -3.34. The highest BCUT2D eigenvalue weighted by Crippen LogP contribution is 2.33. The Morgan fingerprint density at radius 2 is 1.69 bits per heavy atom. The summed E-state index contributed by atoms with van der Waals surface area (Å²) in [6.07, 6.45) is 4.30. The van der Waals surface area contributed by atoms with Crippen molar-refractivity contribution in [3.63, 3.8) is 0 Å². The number of sulfone groups is 1. The van der Waals surface area contributed by atoms with Gasteiger partial charge >= 0.3 is 5.97 Å². The average Bonchev–Trinajstić information content (AvgIpc) is 3.07. The number of nitrogens with zero attached hydrogens (tertiary/aromatic N) is 2. The molecular formula is C18H18N2O5S. The summed E-state index contributed by atoms with van der Waals surface area (Å²) in [5, 5.41) is 9.52. The zero-order chi connectivity index (χ0) is 18.9. The Morgan fingerprint density at radius 3 is 2.23 bits per heavy atom. The fourth-order valence-corrected chi connectivity index (χ4v) is 3.83. The van der Waals surface area contributed by atoms with Crippen LogP contribution >= 0.6 is 0 Å². The monoisotopic (exact) mass is 374 g/mol. The van der Waals surface area contributed by atoms with Crippen LogP contribution < -0.4 is 0 Å². The predicted molar refractivity (Wildman–Crippen MR) is 93.6 cm³/mol. The molecule has 8 heteroatoms. The van der Waals surface area contributed by atoms with Crippen LogP contribution in [0.5, 0.6) is 0 Å². The van der Waals surface area contributed by atoms with Crippen molar-refractivity contribution in [3.8, 4) is 0 Å². The first kappa shape index (κ1) is 18.1. The second kappa shape index (κ2) is 6.87. The van der Waals surface area contributed by atoms with Gasteiger partial charge in [-0.25, -0.2) is 8.42 Å². The number of aliphatic carboxylic acids is 1. The highest BCUT2D eigenvalue weighted by atomic mass is 32.2. The van der Waals surface area contributed by atoms with Crippen molar-refractivity contribution in [1.82, 2.24) is 9.88 Å². The van der Waals surface area contributed by atoms with Crippen molar-refractivity contribution >= 4 is 21.7 Å². The van der Waals surface area contributed by atoms with Crippen LogP contribution in [0.4, 0.5) is 0 Å². The van der Waals surface area contributed by atoms with Crippen LogP contribution in [0.15, 0.2) is 53.7 Å². The molecule has 1 aromatic carbocycles. The highest BCUT2D eigenvalue weighted by Gasteiger charge is 2.40. The molecule has 0 bridgehead atoms. The van der Waals surface area contributed by atoms with Gasteiger partial charge in [-0.1, -0.05) is 0 Å². The van der Waals surface area contributed by atoms with E-state index in [1.54, 1.807) is 24.5 Å². The van der Waals surface area contributed by atoms with Crippen LogP contribution in [0, 0.1) is 5.92 Å². The Kier molecular flexibility index (Phi) is 4.78. The molecule has 0 spiro atoms. The van der Waals surface area contributed by atoms with Gasteiger partial charge in [-0.05, 0) is 42.0 Å². The van der Waals surface area contributed by atoms with Crippen molar-refractivity contribution in [2.75, 3.05) is 19.3 Å². The van der Waals surface area contributed by atoms with Crippen LogP contribution in [0.3, 0.4) is 0 Å². The van der Waals surface area contributed by atoms with E-state index in [1.165, 1.54) is 29.2 Å². The Balaban J connectivity index is 1.83. The molecule has 0 aliphatic carbocycles. The molecule has 0 unspecified atom stereocenters. The summed E-state index contributed by atoms with van der Waals surface area (Å²) in [5.41, 5.74) is 1.16. The number of pyridine rings is 1. The van der Waals surface area contributed by atoms with E-state index >= 15 is 0 Å². The summed E-state index contributed by atoms with van der Waals surface area (Å²) in [4.78, 5) is 29.9. The first-order valence-electron chi connectivity index (χ1n) is 7.99. The first-order chi connectivity index (χ1) is 12.3. The molecular weight excluding hydrogens is 356 g/mol. The van der Waals surface area contributed by atoms with Crippen LogP contribution in [0.2, 0.25) is 0 Å². The lowest BCUT2D eigenvalue weighted by Gasteiger charge is -2.16. The number of hydrogen-bond donors (Lipinski definition) is 1. The van der Waals surface area contributed by atoms with Crippen molar-refractivity contribution in [2.45, 2.75) is 10.8 Å². The average molecular weight is 374 g/mol. The van der Waals surface area contributed by atoms with Gasteiger partial charge in [-0.15, -0.1) is 0 Å². The Morgan fingerprint density at radius 1 is 1.08 bits per heavy atom. The van der Waals surface area contributed by atoms with Gasteiger partial charge in [-0.2, -0.15) is 0 Å². The van der Waals surface area contributed by atoms with Crippen molar-refractivity contribution in [1.29, 1.82) is 0 Å². The number of carboxylic acids is 1. The molecule has 1 saturated heterocycles. The lowest BCUT2D eigenvalue weighted by Crippen LogP contribution is -2.29. The van der Waals surface area contributed by atoms with Gasteiger partial charge in [0.1, 0.15) is 0 Å². The summed E-state index contributed by atoms with van der Waals surface area (Å²) >= 11 is 0. The van der Waals surface area contributed by atoms with Gasteiger partial charge in [0.05, 0.1) is 10.8 Å². The standard InChI is InChI=1S/C18H18N2O5S/c1-26(24,25)14-4-2-13(3-5-14)17(21)20-10-15(16(11-20)18(22)23)12-6-8-19-9-7-12/h2-9,15-16H,10-11H2,1H3,(H,22,23)/t15-,16+/m1/s1. The number of likely N-dealkylation sites (tertiary alicyclic amines) is 1. The molecule has 2 aromatic rings. The number of benzene rings is 1. The molecule has 26 heavy (non-hydrogen) atoms. The Labute approximate surface area is 151 Å². The quantitative estimate of drug-likeness (QED) is 0.868. The van der Waals surface area contributed by atoms with Crippen LogP contribution in [-0.4, -0.2) is 54.6 Å². The zero-order valence-electron chi connectivity index (χ0n) is 14.1. The molecule has 1 aliphatic heterocycles. The fraction of sp³-hybridized carbons (Fsp3) is 0.278. The Bertz CT molecular complexity index is 926. The van der Waals surface area contributed by atoms with Gasteiger partial charge in [0, 0.05) is 43.2 Å². The van der Waals surface area contributed by atoms with E-state index in [4.69, 9.17) is 0 Å². The molecule has 1 amide bonds. The summed E-state index contributed by atoms with van der Waals surface area (Å²) in [6, 6.07) is 9.19. The highest BCUT2D eigenvalue weighted by molar-refractivity contribution is 7.90. The molecule has 1 fully saturated rings. The molecule has 3 rings (SSSR count). The smallest absolute Gasteiger partial charge is 0.308 e. The molecule has 2 heterocycles. The normalized spacial score (nSPS) is 20.1. The number of hydrogen-bond acceptors (Lipinski definition) is 5. The fourth-order valence-electron chi connectivity index (χ4n) is 3.20. The summed E-state index contributed by atoms with van der Waals surface area (Å²) < 4.78 is 23.0. The predicted octanol–water partition coefficient (Wildman–Crippen LogP) is 1.43. The van der Waals surface area contributed by atoms with Gasteiger partial charge in [0.2, 0.25) is 0 Å². The van der Waals surface area contributed by atoms with Crippen molar-refractivity contribution < 1.29 is 23.1 Å². The lowest BCUT2D eigenvalue weighted by molar-refractivity contribution is -0.141. The SMILES string of the molecule is CS(=O)(=O)c1ccc(C(=O)N2C[C@H](C(=O)O)[C@@H](c3ccncc3)C2)cc1. The number of carbonyl (C=O) groups excluding carboxylic acids is 1. The maximum atomic E-state index is 12.7. The van der Waals surface area contributed by atoms with Gasteiger partial charge in [-0.3, -0.25) is 14.6 Å². The van der Waals surface area contributed by atoms with Crippen molar-refractivity contribution in [3.05, 3.63) is 59.9 Å². The van der Waals surface area contributed by atoms with Gasteiger partial charge < -0.3 is 10.0 Å². The largest absolute Gasteiger partial charge is 0.481 e. The van der Waals surface area contributed by atoms with Gasteiger partial charge in [0.15, 0.2) is 9.84 Å². The van der Waals surface area contributed by atoms with E-state index < -0.39 is 21.7 Å². The summed E-state index contributed by atoms with van der Waals surface area (Å²) in [5.74, 6) is -2.27. The van der Waals surface area contributed by atoms with Crippen molar-refractivity contribution in [2.24, 2.45) is 5.92 Å². The first-order valence-corrected chi connectivity index (χ1v) is 9.88. The van der Waals surface area contributed by atoms with E-state index in [0.29, 0.717) is 5.56 Å². The maximum absolute atomic E-state index is 12.7. The Hall–Kier alpha value is -2.74. The van der Waals surface area contributed by atoms with Crippen LogP contribution in [0.1, 0.15) is 21.8 Å². The second-order valence-corrected chi connectivity index (χ2v) is 8.35. The molecule has 1 aliphatic rings. The van der Waals surface area contributed by atoms with E-state index in [9.17, 15) is 23.1 Å². The van der Waals surface area contributed by atoms with Crippen LogP contribution in [-0.2, 0) is 14.6 Å². The van der Waals surface area contributed by atoms with E-state index in [2.05, 4.69) is 4.98 Å². The molecule has 0 radical (unpaired) electrons. The van der Waals surface area contributed by atoms with E-state index in [-0.39, 0.29) is 29.8 Å². The molecule has 1 aromatic heterocycles. The number of rotatable bonds is 4. The number of carbonyl (C=O) groups is 2. The second-order valence-electron chi connectivity index (χ2n) is 6.34. The summed E-state index contributed by atoms with van der Waals surface area (Å²) in [7, 11) is -3.34. The minimum absolute atomic E-state index is 0.106. The molecule has 1 N–H and O–H groups in total. The third-order valence-electron chi connectivity index (χ3n) is 4.59. The third kappa shape index (κ3) is 3.60. The maximum Gasteiger partial charge on any atom is 0.308 e. The van der Waals surface area contributed by atoms with E-state index in [0.717, 1.165) is 11.8 Å².